The number of carbonyl (C=O) groups is 1. The molecule has 0 bridgehead atoms. The van der Waals surface area contributed by atoms with Gasteiger partial charge in [0.25, 0.3) is 0 Å². The number of nitrogens with zero attached hydrogens (tertiary/aromatic N) is 1. The zero-order valence-electron chi connectivity index (χ0n) is 12.7. The molecular weight excluding hydrogens is 362 g/mol. The second-order valence-corrected chi connectivity index (χ2v) is 7.12. The first kappa shape index (κ1) is 18.8. The number of hydrogen-bond donors (Lipinski definition) is 1. The van der Waals surface area contributed by atoms with Gasteiger partial charge in [0.05, 0.1) is 24.2 Å². The highest BCUT2D eigenvalue weighted by Gasteiger charge is 2.29. The monoisotopic (exact) mass is 380 g/mol. The van der Waals surface area contributed by atoms with Gasteiger partial charge in [0, 0.05) is 17.1 Å². The fraction of sp³-hybridized carbons (Fsp3) is 0.533. The minimum absolute atomic E-state index is 0.0402. The molecule has 1 aromatic carbocycles. The van der Waals surface area contributed by atoms with Gasteiger partial charge in [0.1, 0.15) is 11.9 Å². The Morgan fingerprint density at radius 2 is 2.26 bits per heavy atom. The molecule has 1 saturated heterocycles. The third-order valence-corrected chi connectivity index (χ3v) is 4.98. The van der Waals surface area contributed by atoms with Crippen LogP contribution >= 0.6 is 35.0 Å². The maximum atomic E-state index is 13.7. The second kappa shape index (κ2) is 8.53. The molecule has 1 unspecified atom stereocenters. The van der Waals surface area contributed by atoms with Gasteiger partial charge in [-0.2, -0.15) is 11.8 Å². The summed E-state index contributed by atoms with van der Waals surface area (Å²) < 4.78 is 19.3. The van der Waals surface area contributed by atoms with Gasteiger partial charge in [-0.3, -0.25) is 4.79 Å². The molecule has 2 N–H and O–H groups in total. The molecule has 8 heteroatoms. The summed E-state index contributed by atoms with van der Waals surface area (Å²) in [4.78, 5) is 14.0. The Hall–Kier alpha value is -0.530. The molecule has 0 radical (unpaired) electrons. The summed E-state index contributed by atoms with van der Waals surface area (Å²) >= 11 is 13.5. The first-order valence-electron chi connectivity index (χ1n) is 7.23. The van der Waals surface area contributed by atoms with Crippen LogP contribution in [0.4, 0.5) is 4.39 Å². The molecule has 1 aliphatic heterocycles. The normalized spacial score (nSPS) is 19.7. The highest BCUT2D eigenvalue weighted by atomic mass is 35.5. The first-order valence-corrected chi connectivity index (χ1v) is 9.38. The van der Waals surface area contributed by atoms with Crippen molar-refractivity contribution in [2.45, 2.75) is 18.6 Å². The standard InChI is InChI=1S/C15H19Cl2FN2O2S/c1-23-5-2-13(19)15(21)20-3-4-22-14(8-20)9-6-12(18)11(17)7-10(9)16/h6-7,13-14H,2-5,8,19H2,1H3/t13-,14?/m0/s1. The van der Waals surface area contributed by atoms with E-state index in [-0.39, 0.29) is 10.9 Å². The van der Waals surface area contributed by atoms with Crippen molar-refractivity contribution in [2.24, 2.45) is 5.73 Å². The number of thioether (sulfide) groups is 1. The van der Waals surface area contributed by atoms with Gasteiger partial charge in [-0.1, -0.05) is 23.2 Å². The number of ether oxygens (including phenoxy) is 1. The fourth-order valence-corrected chi connectivity index (χ4v) is 3.42. The summed E-state index contributed by atoms with van der Waals surface area (Å²) in [5, 5.41) is 0.281. The summed E-state index contributed by atoms with van der Waals surface area (Å²) in [6, 6.07) is 2.08. The summed E-state index contributed by atoms with van der Waals surface area (Å²) in [6.07, 6.45) is 2.11. The Morgan fingerprint density at radius 1 is 1.52 bits per heavy atom. The molecular formula is C15H19Cl2FN2O2S. The van der Waals surface area contributed by atoms with Crippen LogP contribution < -0.4 is 5.73 Å². The average molecular weight is 381 g/mol. The first-order chi connectivity index (χ1) is 10.9. The van der Waals surface area contributed by atoms with E-state index in [1.807, 2.05) is 6.26 Å². The van der Waals surface area contributed by atoms with E-state index in [0.29, 0.717) is 36.7 Å². The Kier molecular flexibility index (Phi) is 6.98. The lowest BCUT2D eigenvalue weighted by molar-refractivity contribution is -0.140. The van der Waals surface area contributed by atoms with Crippen LogP contribution in [0.15, 0.2) is 12.1 Å². The number of morpholine rings is 1. The fourth-order valence-electron chi connectivity index (χ4n) is 2.43. The lowest BCUT2D eigenvalue weighted by Gasteiger charge is -2.35. The summed E-state index contributed by atoms with van der Waals surface area (Å²) in [5.41, 5.74) is 6.43. The van der Waals surface area contributed by atoms with E-state index in [2.05, 4.69) is 0 Å². The van der Waals surface area contributed by atoms with Crippen LogP contribution in [0.3, 0.4) is 0 Å². The zero-order chi connectivity index (χ0) is 17.0. The van der Waals surface area contributed by atoms with Crippen molar-refractivity contribution in [2.75, 3.05) is 31.7 Å². The van der Waals surface area contributed by atoms with Crippen LogP contribution in [0.2, 0.25) is 10.0 Å². The van der Waals surface area contributed by atoms with Crippen LogP contribution in [0.5, 0.6) is 0 Å². The average Bonchev–Trinajstić information content (AvgIpc) is 2.55. The molecule has 23 heavy (non-hydrogen) atoms. The predicted octanol–water partition coefficient (Wildman–Crippen LogP) is 3.11. The van der Waals surface area contributed by atoms with Gasteiger partial charge in [-0.15, -0.1) is 0 Å². The second-order valence-electron chi connectivity index (χ2n) is 5.32. The Bertz CT molecular complexity index is 577. The van der Waals surface area contributed by atoms with Crippen LogP contribution in [0.1, 0.15) is 18.1 Å². The van der Waals surface area contributed by atoms with Crippen LogP contribution in [0.25, 0.3) is 0 Å². The number of benzene rings is 1. The highest BCUT2D eigenvalue weighted by Crippen LogP contribution is 2.32. The van der Waals surface area contributed by atoms with E-state index in [1.165, 1.54) is 12.1 Å². The topological polar surface area (TPSA) is 55.6 Å². The quantitative estimate of drug-likeness (QED) is 0.797. The molecule has 1 fully saturated rings. The van der Waals surface area contributed by atoms with Crippen LogP contribution in [0, 0.1) is 5.82 Å². The van der Waals surface area contributed by atoms with E-state index < -0.39 is 18.0 Å². The molecule has 1 amide bonds. The van der Waals surface area contributed by atoms with E-state index in [0.717, 1.165) is 5.75 Å². The van der Waals surface area contributed by atoms with Crippen molar-refractivity contribution in [3.8, 4) is 0 Å². The van der Waals surface area contributed by atoms with Crippen molar-refractivity contribution in [1.82, 2.24) is 4.90 Å². The smallest absolute Gasteiger partial charge is 0.239 e. The third-order valence-electron chi connectivity index (χ3n) is 3.71. The van der Waals surface area contributed by atoms with Crippen molar-refractivity contribution < 1.29 is 13.9 Å². The maximum Gasteiger partial charge on any atom is 0.239 e. The molecule has 0 saturated carbocycles. The van der Waals surface area contributed by atoms with Gasteiger partial charge >= 0.3 is 0 Å². The highest BCUT2D eigenvalue weighted by molar-refractivity contribution is 7.98. The van der Waals surface area contributed by atoms with Gasteiger partial charge < -0.3 is 15.4 Å². The SMILES string of the molecule is CSCC[C@H](N)C(=O)N1CCOC(c2cc(F)c(Cl)cc2Cl)C1. The molecule has 1 heterocycles. The van der Waals surface area contributed by atoms with Crippen molar-refractivity contribution in [3.05, 3.63) is 33.6 Å². The van der Waals surface area contributed by atoms with E-state index in [4.69, 9.17) is 33.7 Å². The molecule has 1 aliphatic rings. The summed E-state index contributed by atoms with van der Waals surface area (Å²) in [7, 11) is 0. The zero-order valence-corrected chi connectivity index (χ0v) is 15.1. The Balaban J connectivity index is 2.09. The van der Waals surface area contributed by atoms with Crippen LogP contribution in [-0.4, -0.2) is 48.6 Å². The van der Waals surface area contributed by atoms with Crippen molar-refractivity contribution in [1.29, 1.82) is 0 Å². The molecule has 2 rings (SSSR count). The molecule has 128 valence electrons. The molecule has 2 atom stereocenters. The summed E-state index contributed by atoms with van der Waals surface area (Å²) in [6.45, 7) is 1.12. The number of halogens is 3. The number of amides is 1. The molecule has 0 aliphatic carbocycles. The Morgan fingerprint density at radius 3 is 2.96 bits per heavy atom. The van der Waals surface area contributed by atoms with E-state index >= 15 is 0 Å². The molecule has 0 spiro atoms. The minimum Gasteiger partial charge on any atom is -0.370 e. The minimum atomic E-state index is -0.560. The predicted molar refractivity (Wildman–Crippen MR) is 92.7 cm³/mol. The third kappa shape index (κ3) is 4.73. The number of hydrogen-bond acceptors (Lipinski definition) is 4. The number of nitrogens with two attached hydrogens (primary N) is 1. The largest absolute Gasteiger partial charge is 0.370 e. The van der Waals surface area contributed by atoms with Crippen LogP contribution in [-0.2, 0) is 9.53 Å². The van der Waals surface area contributed by atoms with Crippen molar-refractivity contribution in [3.63, 3.8) is 0 Å². The summed E-state index contributed by atoms with van der Waals surface area (Å²) in [5.74, 6) is 0.155. The lowest BCUT2D eigenvalue weighted by atomic mass is 10.1. The maximum absolute atomic E-state index is 13.7. The number of rotatable bonds is 5. The number of carbonyl (C=O) groups excluding carboxylic acids is 1. The Labute approximate surface area is 149 Å². The van der Waals surface area contributed by atoms with Gasteiger partial charge in [0.15, 0.2) is 0 Å². The van der Waals surface area contributed by atoms with E-state index in [9.17, 15) is 9.18 Å². The van der Waals surface area contributed by atoms with Gasteiger partial charge in [0.2, 0.25) is 5.91 Å². The molecule has 1 aromatic rings. The van der Waals surface area contributed by atoms with Gasteiger partial charge in [-0.05, 0) is 30.6 Å². The van der Waals surface area contributed by atoms with Gasteiger partial charge in [-0.25, -0.2) is 4.39 Å². The lowest BCUT2D eigenvalue weighted by Crippen LogP contribution is -2.49. The van der Waals surface area contributed by atoms with Crippen molar-refractivity contribution >= 4 is 40.9 Å². The molecule has 4 nitrogen and oxygen atoms in total. The van der Waals surface area contributed by atoms with E-state index in [1.54, 1.807) is 16.7 Å². The molecule has 0 aromatic heterocycles.